The molecule has 0 heterocycles. The minimum Gasteiger partial charge on any atom is -0.117 e. The summed E-state index contributed by atoms with van der Waals surface area (Å²) in [7, 11) is 5.44. The van der Waals surface area contributed by atoms with Crippen molar-refractivity contribution >= 4 is 7.85 Å². The molecule has 0 bridgehead atoms. The number of hydrogen-bond donors (Lipinski definition) is 0. The van der Waals surface area contributed by atoms with Gasteiger partial charge in [0.15, 0.2) is 0 Å². The van der Waals surface area contributed by atoms with Gasteiger partial charge >= 0.3 is 0 Å². The van der Waals surface area contributed by atoms with E-state index in [1.165, 1.54) is 0 Å². The zero-order chi connectivity index (χ0) is 5.11. The van der Waals surface area contributed by atoms with Crippen LogP contribution in [0.4, 0.5) is 0 Å². The molecule has 0 fully saturated rings. The van der Waals surface area contributed by atoms with Crippen molar-refractivity contribution in [2.24, 2.45) is 0 Å². The van der Waals surface area contributed by atoms with Crippen molar-refractivity contribution in [3.05, 3.63) is 23.7 Å². The average molecular weight is 89.9 g/mol. The molecule has 0 unspecified atom stereocenters. The topological polar surface area (TPSA) is 0 Å². The monoisotopic (exact) mass is 90.1 g/mol. The number of hydrogen-bond acceptors (Lipinski definition) is 0. The molecule has 0 atom stereocenters. The van der Waals surface area contributed by atoms with E-state index in [9.17, 15) is 0 Å². The van der Waals surface area contributed by atoms with Gasteiger partial charge < -0.3 is 0 Å². The molecule has 34 valence electrons. The minimum atomic E-state index is 1.00. The summed E-state index contributed by atoms with van der Waals surface area (Å²) >= 11 is 0. The second kappa shape index (κ2) is 2.01. The maximum Gasteiger partial charge on any atom is 0.107 e. The van der Waals surface area contributed by atoms with Crippen LogP contribution < -0.4 is 0 Å². The lowest BCUT2D eigenvalue weighted by atomic mass is 9.88. The summed E-state index contributed by atoms with van der Waals surface area (Å²) in [6, 6.07) is 0. The SMILES string of the molecule is [B]C1=CC=CCC1. The molecule has 0 aliphatic heterocycles. The van der Waals surface area contributed by atoms with Crippen LogP contribution in [0.1, 0.15) is 12.8 Å². The summed E-state index contributed by atoms with van der Waals surface area (Å²) in [6.45, 7) is 0. The van der Waals surface area contributed by atoms with Gasteiger partial charge in [-0.3, -0.25) is 0 Å². The van der Waals surface area contributed by atoms with Crippen molar-refractivity contribution in [2.75, 3.05) is 0 Å². The molecule has 1 aliphatic rings. The molecular formula is C6H7B. The molecule has 0 saturated heterocycles. The molecule has 0 saturated carbocycles. The highest BCUT2D eigenvalue weighted by Crippen LogP contribution is 2.06. The zero-order valence-corrected chi connectivity index (χ0v) is 4.22. The summed E-state index contributed by atoms with van der Waals surface area (Å²) in [4.78, 5) is 0. The highest BCUT2D eigenvalue weighted by atomic mass is 13.9. The fourth-order valence-electron chi connectivity index (χ4n) is 0.621. The zero-order valence-electron chi connectivity index (χ0n) is 4.22. The lowest BCUT2D eigenvalue weighted by Gasteiger charge is -1.99. The molecule has 7 heavy (non-hydrogen) atoms. The van der Waals surface area contributed by atoms with Crippen molar-refractivity contribution in [3.63, 3.8) is 0 Å². The molecule has 0 nitrogen and oxygen atoms in total. The Morgan fingerprint density at radius 3 is 2.71 bits per heavy atom. The van der Waals surface area contributed by atoms with Crippen LogP contribution in [0.3, 0.4) is 0 Å². The third-order valence-corrected chi connectivity index (χ3v) is 1.05. The highest BCUT2D eigenvalue weighted by Gasteiger charge is 1.88. The Labute approximate surface area is 45.3 Å². The minimum absolute atomic E-state index is 1.00. The van der Waals surface area contributed by atoms with Gasteiger partial charge in [0.25, 0.3) is 0 Å². The summed E-state index contributed by atoms with van der Waals surface area (Å²) in [5.74, 6) is 0. The van der Waals surface area contributed by atoms with Gasteiger partial charge in [-0.05, 0) is 12.8 Å². The van der Waals surface area contributed by atoms with Gasteiger partial charge in [0, 0.05) is 0 Å². The molecule has 0 aromatic rings. The van der Waals surface area contributed by atoms with E-state index in [4.69, 9.17) is 7.85 Å². The molecule has 0 aromatic heterocycles. The molecule has 1 heteroatoms. The van der Waals surface area contributed by atoms with Gasteiger partial charge in [0.2, 0.25) is 0 Å². The van der Waals surface area contributed by atoms with Crippen molar-refractivity contribution in [3.8, 4) is 0 Å². The van der Waals surface area contributed by atoms with Gasteiger partial charge in [-0.2, -0.15) is 0 Å². The summed E-state index contributed by atoms with van der Waals surface area (Å²) < 4.78 is 0. The predicted octanol–water partition coefficient (Wildman–Crippen LogP) is 1.39. The molecule has 1 rings (SSSR count). The van der Waals surface area contributed by atoms with E-state index in [1.807, 2.05) is 12.2 Å². The van der Waals surface area contributed by atoms with Crippen LogP contribution in [0, 0.1) is 0 Å². The van der Waals surface area contributed by atoms with Crippen LogP contribution in [0.5, 0.6) is 0 Å². The molecule has 0 spiro atoms. The van der Waals surface area contributed by atoms with E-state index in [0.717, 1.165) is 18.3 Å². The first-order valence-corrected chi connectivity index (χ1v) is 2.51. The van der Waals surface area contributed by atoms with Crippen LogP contribution in [0.2, 0.25) is 0 Å². The van der Waals surface area contributed by atoms with E-state index in [2.05, 4.69) is 6.08 Å². The van der Waals surface area contributed by atoms with Crippen molar-refractivity contribution in [1.29, 1.82) is 0 Å². The van der Waals surface area contributed by atoms with E-state index in [-0.39, 0.29) is 0 Å². The summed E-state index contributed by atoms with van der Waals surface area (Å²) in [5.41, 5.74) is 1.00. The van der Waals surface area contributed by atoms with E-state index >= 15 is 0 Å². The normalized spacial score (nSPS) is 19.1. The summed E-state index contributed by atoms with van der Waals surface area (Å²) in [6.07, 6.45) is 8.22. The van der Waals surface area contributed by atoms with Crippen LogP contribution in [-0.2, 0) is 0 Å². The van der Waals surface area contributed by atoms with E-state index in [0.29, 0.717) is 0 Å². The van der Waals surface area contributed by atoms with Gasteiger partial charge in [-0.15, -0.1) is 5.47 Å². The molecule has 2 radical (unpaired) electrons. The van der Waals surface area contributed by atoms with Gasteiger partial charge in [0.05, 0.1) is 0 Å². The van der Waals surface area contributed by atoms with Crippen molar-refractivity contribution in [2.45, 2.75) is 12.8 Å². The van der Waals surface area contributed by atoms with Crippen LogP contribution in [0.25, 0.3) is 0 Å². The van der Waals surface area contributed by atoms with Crippen LogP contribution in [-0.4, -0.2) is 7.85 Å². The first-order chi connectivity index (χ1) is 3.39. The van der Waals surface area contributed by atoms with Crippen molar-refractivity contribution < 1.29 is 0 Å². The Hall–Kier alpha value is -0.455. The van der Waals surface area contributed by atoms with Crippen LogP contribution >= 0.6 is 0 Å². The van der Waals surface area contributed by atoms with Crippen LogP contribution in [0.15, 0.2) is 23.7 Å². The molecule has 0 N–H and O–H groups in total. The largest absolute Gasteiger partial charge is 0.117 e. The first kappa shape index (κ1) is 4.70. The number of rotatable bonds is 0. The molecule has 0 amide bonds. The summed E-state index contributed by atoms with van der Waals surface area (Å²) in [5, 5.41) is 0. The standard InChI is InChI=1S/C6H7B/c7-6-4-2-1-3-5-6/h1-2,4H,3,5H2. The molecule has 1 aliphatic carbocycles. The molecular weight excluding hydrogens is 82.9 g/mol. The number of allylic oxidation sites excluding steroid dienone is 4. The Morgan fingerprint density at radius 2 is 2.43 bits per heavy atom. The average Bonchev–Trinajstić information content (AvgIpc) is 1.69. The van der Waals surface area contributed by atoms with Gasteiger partial charge in [-0.25, -0.2) is 0 Å². The lowest BCUT2D eigenvalue weighted by Crippen LogP contribution is -1.83. The van der Waals surface area contributed by atoms with E-state index < -0.39 is 0 Å². The smallest absolute Gasteiger partial charge is 0.107 e. The highest BCUT2D eigenvalue weighted by molar-refractivity contribution is 6.21. The quantitative estimate of drug-likeness (QED) is 0.394. The maximum atomic E-state index is 5.44. The fourth-order valence-corrected chi connectivity index (χ4v) is 0.621. The van der Waals surface area contributed by atoms with E-state index in [1.54, 1.807) is 0 Å². The Kier molecular flexibility index (Phi) is 1.35. The second-order valence-corrected chi connectivity index (χ2v) is 1.71. The third kappa shape index (κ3) is 1.22. The third-order valence-electron chi connectivity index (χ3n) is 1.05. The first-order valence-electron chi connectivity index (χ1n) is 2.51. The van der Waals surface area contributed by atoms with Crippen molar-refractivity contribution in [1.82, 2.24) is 0 Å². The predicted molar refractivity (Wildman–Crippen MR) is 32.2 cm³/mol. The second-order valence-electron chi connectivity index (χ2n) is 1.71. The Morgan fingerprint density at radius 1 is 1.57 bits per heavy atom. The lowest BCUT2D eigenvalue weighted by molar-refractivity contribution is 1.02. The van der Waals surface area contributed by atoms with Gasteiger partial charge in [-0.1, -0.05) is 18.2 Å². The maximum absolute atomic E-state index is 5.44. The van der Waals surface area contributed by atoms with Gasteiger partial charge in [0.1, 0.15) is 7.85 Å². The fraction of sp³-hybridized carbons (Fsp3) is 0.333. The Bertz CT molecular complexity index is 111. The molecule has 0 aromatic carbocycles. The Balaban J connectivity index is 2.57.